The van der Waals surface area contributed by atoms with Gasteiger partial charge in [0.2, 0.25) is 0 Å². The maximum Gasteiger partial charge on any atom is 0.126 e. The Morgan fingerprint density at radius 2 is 1.65 bits per heavy atom. The zero-order valence-corrected chi connectivity index (χ0v) is 10.8. The molecule has 0 unspecified atom stereocenters. The van der Waals surface area contributed by atoms with Crippen molar-refractivity contribution in [3.05, 3.63) is 29.0 Å². The monoisotopic (exact) mass is 255 g/mol. The summed E-state index contributed by atoms with van der Waals surface area (Å²) < 4.78 is 13.2. The van der Waals surface area contributed by atoms with Crippen molar-refractivity contribution >= 4 is 17.3 Å². The average molecular weight is 256 g/mol. The van der Waals surface area contributed by atoms with Crippen molar-refractivity contribution in [1.29, 1.82) is 0 Å². The number of nitrogens with one attached hydrogen (secondary N) is 1. The molecular formula is C14H19ClFN. The normalized spacial score (nSPS) is 18.5. The third-order valence-corrected chi connectivity index (χ3v) is 3.56. The van der Waals surface area contributed by atoms with E-state index in [0.717, 1.165) is 5.69 Å². The fourth-order valence-corrected chi connectivity index (χ4v) is 2.70. The molecule has 1 fully saturated rings. The topological polar surface area (TPSA) is 12.0 Å². The smallest absolute Gasteiger partial charge is 0.126 e. The van der Waals surface area contributed by atoms with Gasteiger partial charge in [-0.15, -0.1) is 0 Å². The SMILES string of the molecule is Fc1cc(Cl)cc(NC2CCCCCCC2)c1. The molecule has 1 aliphatic carbocycles. The van der Waals surface area contributed by atoms with Crippen LogP contribution in [0.25, 0.3) is 0 Å². The number of hydrogen-bond acceptors (Lipinski definition) is 1. The van der Waals surface area contributed by atoms with Crippen LogP contribution in [0.3, 0.4) is 0 Å². The van der Waals surface area contributed by atoms with Crippen molar-refractivity contribution in [2.75, 3.05) is 5.32 Å². The Morgan fingerprint density at radius 3 is 2.29 bits per heavy atom. The zero-order chi connectivity index (χ0) is 12.1. The Labute approximate surface area is 107 Å². The number of halogens is 2. The second-order valence-corrected chi connectivity index (χ2v) is 5.28. The maximum absolute atomic E-state index is 13.2. The van der Waals surface area contributed by atoms with Crippen molar-refractivity contribution in [3.8, 4) is 0 Å². The summed E-state index contributed by atoms with van der Waals surface area (Å²) in [5, 5.41) is 3.86. The minimum Gasteiger partial charge on any atom is -0.382 e. The molecule has 1 N–H and O–H groups in total. The predicted molar refractivity (Wildman–Crippen MR) is 71.1 cm³/mol. The lowest BCUT2D eigenvalue weighted by molar-refractivity contribution is 0.471. The molecule has 0 spiro atoms. The molecule has 1 aromatic rings. The van der Waals surface area contributed by atoms with Crippen molar-refractivity contribution in [1.82, 2.24) is 0 Å². The quantitative estimate of drug-likeness (QED) is 0.784. The molecular weight excluding hydrogens is 237 g/mol. The highest BCUT2D eigenvalue weighted by Gasteiger charge is 2.11. The minimum atomic E-state index is -0.272. The van der Waals surface area contributed by atoms with Crippen LogP contribution in [0.1, 0.15) is 44.9 Å². The van der Waals surface area contributed by atoms with Gasteiger partial charge in [-0.25, -0.2) is 4.39 Å². The number of benzene rings is 1. The average Bonchev–Trinajstić information content (AvgIpc) is 2.20. The molecule has 0 amide bonds. The van der Waals surface area contributed by atoms with Gasteiger partial charge in [0.1, 0.15) is 5.82 Å². The molecule has 1 saturated carbocycles. The number of rotatable bonds is 2. The van der Waals surface area contributed by atoms with Gasteiger partial charge >= 0.3 is 0 Å². The highest BCUT2D eigenvalue weighted by Crippen LogP contribution is 2.23. The third-order valence-electron chi connectivity index (χ3n) is 3.34. The standard InChI is InChI=1S/C14H19ClFN/c15-11-8-12(16)10-14(9-11)17-13-6-4-2-1-3-5-7-13/h8-10,13,17H,1-7H2. The van der Waals surface area contributed by atoms with E-state index in [-0.39, 0.29) is 5.82 Å². The van der Waals surface area contributed by atoms with Crippen LogP contribution in [0, 0.1) is 5.82 Å². The first-order valence-corrected chi connectivity index (χ1v) is 6.84. The third kappa shape index (κ3) is 4.19. The van der Waals surface area contributed by atoms with Crippen LogP contribution in [0.15, 0.2) is 18.2 Å². The summed E-state index contributed by atoms with van der Waals surface area (Å²) in [6.45, 7) is 0. The van der Waals surface area contributed by atoms with Gasteiger partial charge in [-0.2, -0.15) is 0 Å². The van der Waals surface area contributed by atoms with Gasteiger partial charge in [0, 0.05) is 16.8 Å². The van der Waals surface area contributed by atoms with E-state index in [0.29, 0.717) is 11.1 Å². The molecule has 94 valence electrons. The molecule has 0 saturated heterocycles. The first kappa shape index (κ1) is 12.7. The van der Waals surface area contributed by atoms with Crippen LogP contribution >= 0.6 is 11.6 Å². The first-order valence-electron chi connectivity index (χ1n) is 6.47. The molecule has 0 aromatic heterocycles. The summed E-state index contributed by atoms with van der Waals surface area (Å²) in [6, 6.07) is 5.12. The lowest BCUT2D eigenvalue weighted by Crippen LogP contribution is -2.20. The van der Waals surface area contributed by atoms with E-state index in [9.17, 15) is 4.39 Å². The van der Waals surface area contributed by atoms with E-state index in [1.807, 2.05) is 0 Å². The van der Waals surface area contributed by atoms with Crippen LogP contribution in [0.5, 0.6) is 0 Å². The molecule has 0 aliphatic heterocycles. The van der Waals surface area contributed by atoms with E-state index < -0.39 is 0 Å². The number of anilines is 1. The largest absolute Gasteiger partial charge is 0.382 e. The fourth-order valence-electron chi connectivity index (χ4n) is 2.47. The van der Waals surface area contributed by atoms with Crippen molar-refractivity contribution in [3.63, 3.8) is 0 Å². The van der Waals surface area contributed by atoms with Gasteiger partial charge in [-0.3, -0.25) is 0 Å². The van der Waals surface area contributed by atoms with E-state index in [4.69, 9.17) is 11.6 Å². The van der Waals surface area contributed by atoms with Gasteiger partial charge in [0.15, 0.2) is 0 Å². The summed E-state index contributed by atoms with van der Waals surface area (Å²) in [7, 11) is 0. The highest BCUT2D eigenvalue weighted by atomic mass is 35.5. The number of hydrogen-bond donors (Lipinski definition) is 1. The zero-order valence-electron chi connectivity index (χ0n) is 10.0. The lowest BCUT2D eigenvalue weighted by atomic mass is 9.96. The molecule has 1 aromatic carbocycles. The molecule has 1 aliphatic rings. The fraction of sp³-hybridized carbons (Fsp3) is 0.571. The second-order valence-electron chi connectivity index (χ2n) is 4.84. The first-order chi connectivity index (χ1) is 8.24. The molecule has 0 bridgehead atoms. The summed E-state index contributed by atoms with van der Waals surface area (Å²) in [6.07, 6.45) is 8.88. The van der Waals surface area contributed by atoms with Crippen molar-refractivity contribution in [2.24, 2.45) is 0 Å². The summed E-state index contributed by atoms with van der Waals surface area (Å²) in [5.74, 6) is -0.272. The van der Waals surface area contributed by atoms with Gasteiger partial charge < -0.3 is 5.32 Å². The van der Waals surface area contributed by atoms with Crippen molar-refractivity contribution in [2.45, 2.75) is 51.0 Å². The van der Waals surface area contributed by atoms with Crippen LogP contribution < -0.4 is 5.32 Å². The Bertz CT molecular complexity index is 339. The summed E-state index contributed by atoms with van der Waals surface area (Å²) in [5.41, 5.74) is 0.806. The predicted octanol–water partition coefficient (Wildman–Crippen LogP) is 5.00. The summed E-state index contributed by atoms with van der Waals surface area (Å²) in [4.78, 5) is 0. The van der Waals surface area contributed by atoms with Crippen LogP contribution in [-0.4, -0.2) is 6.04 Å². The second kappa shape index (κ2) is 6.25. The van der Waals surface area contributed by atoms with Crippen LogP contribution in [0.2, 0.25) is 5.02 Å². The van der Waals surface area contributed by atoms with Gasteiger partial charge in [0.25, 0.3) is 0 Å². The molecule has 3 heteroatoms. The van der Waals surface area contributed by atoms with E-state index >= 15 is 0 Å². The Kier molecular flexibility index (Phi) is 4.66. The highest BCUT2D eigenvalue weighted by molar-refractivity contribution is 6.30. The minimum absolute atomic E-state index is 0.272. The molecule has 0 radical (unpaired) electrons. The van der Waals surface area contributed by atoms with E-state index in [1.165, 1.54) is 57.1 Å². The lowest BCUT2D eigenvalue weighted by Gasteiger charge is -2.22. The molecule has 0 heterocycles. The Hall–Kier alpha value is -0.760. The maximum atomic E-state index is 13.2. The van der Waals surface area contributed by atoms with Crippen LogP contribution in [-0.2, 0) is 0 Å². The van der Waals surface area contributed by atoms with Gasteiger partial charge in [-0.05, 0) is 31.0 Å². The van der Waals surface area contributed by atoms with Gasteiger partial charge in [-0.1, -0.05) is 43.7 Å². The van der Waals surface area contributed by atoms with E-state index in [2.05, 4.69) is 5.32 Å². The van der Waals surface area contributed by atoms with Gasteiger partial charge in [0.05, 0.1) is 0 Å². The molecule has 1 nitrogen and oxygen atoms in total. The molecule has 2 rings (SSSR count). The molecule has 0 atom stereocenters. The van der Waals surface area contributed by atoms with Crippen molar-refractivity contribution < 1.29 is 4.39 Å². The Balaban J connectivity index is 1.97. The Morgan fingerprint density at radius 1 is 1.00 bits per heavy atom. The molecule has 17 heavy (non-hydrogen) atoms. The summed E-state index contributed by atoms with van der Waals surface area (Å²) >= 11 is 5.85. The van der Waals surface area contributed by atoms with E-state index in [1.54, 1.807) is 6.07 Å². The van der Waals surface area contributed by atoms with Crippen LogP contribution in [0.4, 0.5) is 10.1 Å².